The van der Waals surface area contributed by atoms with Crippen molar-refractivity contribution in [1.29, 1.82) is 0 Å². The van der Waals surface area contributed by atoms with Crippen molar-refractivity contribution in [3.8, 4) is 11.1 Å². The van der Waals surface area contributed by atoms with Crippen LogP contribution in [0.25, 0.3) is 16.8 Å². The Labute approximate surface area is 153 Å². The summed E-state index contributed by atoms with van der Waals surface area (Å²) in [7, 11) is -3.30. The lowest BCUT2D eigenvalue weighted by Crippen LogP contribution is -2.24. The van der Waals surface area contributed by atoms with Crippen molar-refractivity contribution in [3.05, 3.63) is 64.7 Å². The first-order valence-electron chi connectivity index (χ1n) is 7.83. The number of nitrogens with two attached hydrogens (primary N) is 1. The number of benzene rings is 1. The highest BCUT2D eigenvalue weighted by atomic mass is 32.2. The molecular formula is C17H16F2N4O3S. The molecule has 3 aromatic rings. The number of rotatable bonds is 5. The molecule has 2 heterocycles. The topological polar surface area (TPSA) is 99.5 Å². The third kappa shape index (κ3) is 3.81. The van der Waals surface area contributed by atoms with Crippen molar-refractivity contribution < 1.29 is 17.2 Å². The molecule has 0 aliphatic rings. The number of halogens is 2. The van der Waals surface area contributed by atoms with E-state index in [9.17, 15) is 22.0 Å². The van der Waals surface area contributed by atoms with Crippen LogP contribution in [0.2, 0.25) is 0 Å². The fraction of sp³-hybridized carbons (Fsp3) is 0.176. The number of fused-ring (bicyclic) bond motifs is 1. The van der Waals surface area contributed by atoms with E-state index in [0.29, 0.717) is 5.56 Å². The fourth-order valence-corrected chi connectivity index (χ4v) is 3.21. The Bertz CT molecular complexity index is 1190. The van der Waals surface area contributed by atoms with Crippen LogP contribution >= 0.6 is 0 Å². The van der Waals surface area contributed by atoms with Gasteiger partial charge in [0.15, 0.2) is 15.5 Å². The number of pyridine rings is 1. The Morgan fingerprint density at radius 2 is 1.81 bits per heavy atom. The average Bonchev–Trinajstić information content (AvgIpc) is 2.94. The van der Waals surface area contributed by atoms with Gasteiger partial charge in [0.05, 0.1) is 11.4 Å². The van der Waals surface area contributed by atoms with Crippen LogP contribution in [0.1, 0.15) is 0 Å². The maximum atomic E-state index is 12.8. The van der Waals surface area contributed by atoms with Gasteiger partial charge in [-0.1, -0.05) is 12.1 Å². The van der Waals surface area contributed by atoms with Gasteiger partial charge in [0, 0.05) is 24.6 Å². The van der Waals surface area contributed by atoms with E-state index in [4.69, 9.17) is 5.73 Å². The zero-order chi connectivity index (χ0) is 19.8. The highest BCUT2D eigenvalue weighted by Gasteiger charge is 2.13. The van der Waals surface area contributed by atoms with Crippen molar-refractivity contribution in [2.45, 2.75) is 11.4 Å². The van der Waals surface area contributed by atoms with Gasteiger partial charge in [0.2, 0.25) is 0 Å². The largest absolute Gasteiger partial charge is 0.350 e. The molecule has 2 aromatic heterocycles. The van der Waals surface area contributed by atoms with Gasteiger partial charge in [-0.2, -0.15) is 8.78 Å². The van der Waals surface area contributed by atoms with E-state index in [0.717, 1.165) is 16.5 Å². The minimum Gasteiger partial charge on any atom is -0.327 e. The van der Waals surface area contributed by atoms with E-state index in [1.165, 1.54) is 22.7 Å². The lowest BCUT2D eigenvalue weighted by Gasteiger charge is -2.03. The monoisotopic (exact) mass is 394 g/mol. The predicted molar refractivity (Wildman–Crippen MR) is 96.3 cm³/mol. The van der Waals surface area contributed by atoms with Crippen molar-refractivity contribution in [1.82, 2.24) is 14.2 Å². The lowest BCUT2D eigenvalue weighted by atomic mass is 10.1. The summed E-state index contributed by atoms with van der Waals surface area (Å²) in [5, 5.41) is 4.07. The SMILES string of the molecule is CS(=O)(=O)c1ccc(-c2ccn3c(=O)n(CC(CN)=C(F)F)nc3c2)cc1. The minimum atomic E-state index is -3.30. The van der Waals surface area contributed by atoms with Crippen LogP contribution in [0.15, 0.2) is 63.9 Å². The first kappa shape index (κ1) is 18.9. The van der Waals surface area contributed by atoms with Crippen molar-refractivity contribution in [3.63, 3.8) is 0 Å². The molecule has 142 valence electrons. The Morgan fingerprint density at radius 1 is 1.15 bits per heavy atom. The lowest BCUT2D eigenvalue weighted by molar-refractivity contribution is 0.400. The highest BCUT2D eigenvalue weighted by molar-refractivity contribution is 7.90. The highest BCUT2D eigenvalue weighted by Crippen LogP contribution is 2.22. The molecule has 27 heavy (non-hydrogen) atoms. The Kier molecular flexibility index (Phi) is 4.94. The van der Waals surface area contributed by atoms with E-state index < -0.39 is 28.2 Å². The Balaban J connectivity index is 2.01. The molecule has 0 saturated heterocycles. The molecule has 0 atom stereocenters. The Hall–Kier alpha value is -2.85. The first-order valence-corrected chi connectivity index (χ1v) is 9.72. The Morgan fingerprint density at radius 3 is 2.37 bits per heavy atom. The van der Waals surface area contributed by atoms with Crippen LogP contribution in [0, 0.1) is 0 Å². The number of nitrogens with zero attached hydrogens (tertiary/aromatic N) is 3. The first-order chi connectivity index (χ1) is 12.7. The van der Waals surface area contributed by atoms with Crippen molar-refractivity contribution in [2.75, 3.05) is 12.8 Å². The maximum absolute atomic E-state index is 12.8. The summed E-state index contributed by atoms with van der Waals surface area (Å²) in [5.74, 6) is 0. The van der Waals surface area contributed by atoms with E-state index in [1.807, 2.05) is 0 Å². The van der Waals surface area contributed by atoms with Crippen LogP contribution in [0.3, 0.4) is 0 Å². The number of hydrogen-bond acceptors (Lipinski definition) is 5. The van der Waals surface area contributed by atoms with Crippen molar-refractivity contribution in [2.24, 2.45) is 5.73 Å². The maximum Gasteiger partial charge on any atom is 0.350 e. The van der Waals surface area contributed by atoms with Crippen LogP contribution in [0.5, 0.6) is 0 Å². The van der Waals surface area contributed by atoms with Crippen LogP contribution in [-0.4, -0.2) is 35.4 Å². The summed E-state index contributed by atoms with van der Waals surface area (Å²) < 4.78 is 50.8. The molecule has 2 N–H and O–H groups in total. The van der Waals surface area contributed by atoms with Crippen molar-refractivity contribution >= 4 is 15.5 Å². The minimum absolute atomic E-state index is 0.196. The summed E-state index contributed by atoms with van der Waals surface area (Å²) in [6.07, 6.45) is 0.684. The van der Waals surface area contributed by atoms with Gasteiger partial charge >= 0.3 is 5.69 Å². The second-order valence-corrected chi connectivity index (χ2v) is 7.96. The predicted octanol–water partition coefficient (Wildman–Crippen LogP) is 1.68. The second-order valence-electron chi connectivity index (χ2n) is 5.95. The zero-order valence-electron chi connectivity index (χ0n) is 14.3. The number of hydrogen-bond donors (Lipinski definition) is 1. The number of sulfone groups is 1. The molecule has 0 bridgehead atoms. The summed E-state index contributed by atoms with van der Waals surface area (Å²) >= 11 is 0. The van der Waals surface area contributed by atoms with E-state index >= 15 is 0 Å². The molecular weight excluding hydrogens is 378 g/mol. The van der Waals surface area contributed by atoms with E-state index in [1.54, 1.807) is 24.3 Å². The molecule has 0 spiro atoms. The molecule has 0 aliphatic heterocycles. The summed E-state index contributed by atoms with van der Waals surface area (Å²) in [6, 6.07) is 9.54. The zero-order valence-corrected chi connectivity index (χ0v) is 15.1. The third-order valence-corrected chi connectivity index (χ3v) is 5.18. The molecule has 0 aliphatic carbocycles. The molecule has 0 radical (unpaired) electrons. The van der Waals surface area contributed by atoms with Gasteiger partial charge in [-0.15, -0.1) is 5.10 Å². The second kappa shape index (κ2) is 7.05. The standard InChI is InChI=1S/C17H16F2N4O3S/c1-27(25,26)14-4-2-11(3-5-14)12-6-7-22-15(8-12)21-23(17(22)24)10-13(9-20)16(18)19/h2-8H,9-10,20H2,1H3. The molecule has 3 rings (SSSR count). The van der Waals surface area contributed by atoms with Gasteiger partial charge < -0.3 is 5.73 Å². The molecule has 0 fully saturated rings. The molecule has 7 nitrogen and oxygen atoms in total. The molecule has 10 heteroatoms. The van der Waals surface area contributed by atoms with Crippen LogP contribution in [-0.2, 0) is 16.4 Å². The smallest absolute Gasteiger partial charge is 0.327 e. The average molecular weight is 394 g/mol. The van der Waals surface area contributed by atoms with Crippen LogP contribution < -0.4 is 11.4 Å². The van der Waals surface area contributed by atoms with Crippen LogP contribution in [0.4, 0.5) is 8.78 Å². The number of aromatic nitrogens is 3. The van der Waals surface area contributed by atoms with Gasteiger partial charge in [-0.25, -0.2) is 17.9 Å². The summed E-state index contributed by atoms with van der Waals surface area (Å²) in [6.45, 7) is -0.766. The van der Waals surface area contributed by atoms with Gasteiger partial charge in [0.25, 0.3) is 6.08 Å². The summed E-state index contributed by atoms with van der Waals surface area (Å²) in [4.78, 5) is 12.5. The molecule has 1 aromatic carbocycles. The van der Waals surface area contributed by atoms with Gasteiger partial charge in [0.1, 0.15) is 0 Å². The quantitative estimate of drug-likeness (QED) is 0.710. The normalized spacial score (nSPS) is 11.7. The molecule has 0 amide bonds. The van der Waals surface area contributed by atoms with Gasteiger partial charge in [-0.05, 0) is 35.4 Å². The van der Waals surface area contributed by atoms with E-state index in [-0.39, 0.29) is 22.7 Å². The summed E-state index contributed by atoms with van der Waals surface area (Å²) in [5.41, 5.74) is 6.06. The molecule has 0 saturated carbocycles. The molecule has 0 unspecified atom stereocenters. The fourth-order valence-electron chi connectivity index (χ4n) is 2.58. The van der Waals surface area contributed by atoms with E-state index in [2.05, 4.69) is 5.10 Å². The van der Waals surface area contributed by atoms with Gasteiger partial charge in [-0.3, -0.25) is 4.40 Å². The third-order valence-electron chi connectivity index (χ3n) is 4.05.